The minimum Gasteiger partial charge on any atom is -0.393 e. The van der Waals surface area contributed by atoms with Crippen molar-refractivity contribution in [3.63, 3.8) is 0 Å². The summed E-state index contributed by atoms with van der Waals surface area (Å²) in [5.74, 6) is -0.109. The Bertz CT molecular complexity index is 1010. The van der Waals surface area contributed by atoms with Crippen molar-refractivity contribution in [2.45, 2.75) is 24.7 Å². The number of halogens is 1. The minimum atomic E-state index is -0.996. The van der Waals surface area contributed by atoms with Crippen molar-refractivity contribution in [2.75, 3.05) is 13.1 Å². The maximum absolute atomic E-state index is 13.0. The zero-order valence-electron chi connectivity index (χ0n) is 15.7. The van der Waals surface area contributed by atoms with Crippen molar-refractivity contribution in [1.29, 1.82) is 0 Å². The maximum Gasteiger partial charge on any atom is 0.414 e. The predicted molar refractivity (Wildman–Crippen MR) is 116 cm³/mol. The van der Waals surface area contributed by atoms with Gasteiger partial charge in [-0.25, -0.2) is 4.79 Å². The standard InChI is InChI=1S/C20H20BrN3O5S/c21-17-7-12-16(30-17)8-18(22-12)29-20(28)23-13(6-11-4-2-1-3-5-11)19(27)24-9-14(25)15(26)10-24/h1-5,7-8,13-15,22,25-26H,6,9-10H2,(H,23,28)/t13-,14+,15+/m0/s1. The van der Waals surface area contributed by atoms with Gasteiger partial charge in [-0.2, -0.15) is 0 Å². The molecule has 4 rings (SSSR count). The second-order valence-corrected chi connectivity index (χ2v) is 9.58. The molecule has 8 nitrogen and oxygen atoms in total. The van der Waals surface area contributed by atoms with Crippen molar-refractivity contribution in [2.24, 2.45) is 0 Å². The predicted octanol–water partition coefficient (Wildman–Crippen LogP) is 2.26. The lowest BCUT2D eigenvalue weighted by molar-refractivity contribution is -0.132. The molecule has 0 unspecified atom stereocenters. The van der Waals surface area contributed by atoms with Crippen LogP contribution in [0.1, 0.15) is 5.56 Å². The number of aromatic amines is 1. The first kappa shape index (κ1) is 20.9. The Morgan fingerprint density at radius 1 is 1.23 bits per heavy atom. The summed E-state index contributed by atoms with van der Waals surface area (Å²) in [4.78, 5) is 29.8. The maximum atomic E-state index is 13.0. The van der Waals surface area contributed by atoms with E-state index in [9.17, 15) is 19.8 Å². The van der Waals surface area contributed by atoms with E-state index in [4.69, 9.17) is 4.74 Å². The number of aliphatic hydroxyl groups is 2. The van der Waals surface area contributed by atoms with Gasteiger partial charge in [-0.15, -0.1) is 11.3 Å². The lowest BCUT2D eigenvalue weighted by Crippen LogP contribution is -2.50. The van der Waals surface area contributed by atoms with Crippen molar-refractivity contribution in [3.05, 3.63) is 51.8 Å². The molecule has 3 heterocycles. The number of β-amino-alcohol motifs (C(OH)–C–C–N with tert-alkyl or cyclic N) is 2. The van der Waals surface area contributed by atoms with Gasteiger partial charge in [0, 0.05) is 25.6 Å². The van der Waals surface area contributed by atoms with Crippen molar-refractivity contribution >= 4 is 49.5 Å². The molecule has 0 radical (unpaired) electrons. The number of thiophene rings is 1. The number of hydrogen-bond donors (Lipinski definition) is 4. The van der Waals surface area contributed by atoms with E-state index >= 15 is 0 Å². The zero-order valence-corrected chi connectivity index (χ0v) is 18.1. The first-order valence-corrected chi connectivity index (χ1v) is 11.0. The smallest absolute Gasteiger partial charge is 0.393 e. The van der Waals surface area contributed by atoms with E-state index in [0.717, 1.165) is 19.6 Å². The van der Waals surface area contributed by atoms with Crippen LogP contribution in [0.3, 0.4) is 0 Å². The van der Waals surface area contributed by atoms with E-state index in [-0.39, 0.29) is 31.3 Å². The summed E-state index contributed by atoms with van der Waals surface area (Å²) < 4.78 is 7.23. The number of nitrogens with zero attached hydrogens (tertiary/aromatic N) is 1. The van der Waals surface area contributed by atoms with Crippen LogP contribution < -0.4 is 10.1 Å². The van der Waals surface area contributed by atoms with Crippen LogP contribution in [0.5, 0.6) is 5.88 Å². The third-order valence-corrected chi connectivity index (χ3v) is 6.48. The number of aromatic nitrogens is 1. The number of amides is 2. The number of fused-ring (bicyclic) bond motifs is 1. The van der Waals surface area contributed by atoms with Gasteiger partial charge in [0.05, 0.1) is 26.2 Å². The van der Waals surface area contributed by atoms with Gasteiger partial charge in [0.25, 0.3) is 0 Å². The third-order valence-electron chi connectivity index (χ3n) is 4.90. The topological polar surface area (TPSA) is 115 Å². The number of hydrogen-bond acceptors (Lipinski definition) is 6. The Morgan fingerprint density at radius 3 is 2.60 bits per heavy atom. The number of carbonyl (C=O) groups excluding carboxylic acids is 2. The lowest BCUT2D eigenvalue weighted by Gasteiger charge is -2.24. The van der Waals surface area contributed by atoms with Gasteiger partial charge in [-0.05, 0) is 27.6 Å². The highest BCUT2D eigenvalue weighted by atomic mass is 79.9. The number of ether oxygens (including phenoxy) is 1. The molecule has 10 heteroatoms. The molecule has 0 aliphatic carbocycles. The van der Waals surface area contributed by atoms with Crippen LogP contribution in [-0.2, 0) is 11.2 Å². The Hall–Kier alpha value is -2.40. The van der Waals surface area contributed by atoms with Gasteiger partial charge >= 0.3 is 6.09 Å². The SMILES string of the molecule is O=C(N[C@@H](Cc1ccccc1)C(=O)N1C[C@@H](O)[C@H](O)C1)Oc1cc2sc(Br)cc2[nH]1. The van der Waals surface area contributed by atoms with Gasteiger partial charge in [-0.1, -0.05) is 30.3 Å². The number of carbonyl (C=O) groups is 2. The summed E-state index contributed by atoms with van der Waals surface area (Å²) >= 11 is 4.90. The Balaban J connectivity index is 1.47. The Morgan fingerprint density at radius 2 is 1.93 bits per heavy atom. The van der Waals surface area contributed by atoms with Crippen LogP contribution in [0.2, 0.25) is 0 Å². The van der Waals surface area contributed by atoms with Crippen molar-refractivity contribution in [3.8, 4) is 5.88 Å². The number of rotatable bonds is 5. The average Bonchev–Trinajstić information content (AvgIpc) is 3.34. The quantitative estimate of drug-likeness (QED) is 0.435. The van der Waals surface area contributed by atoms with Gasteiger partial charge < -0.3 is 30.2 Å². The highest BCUT2D eigenvalue weighted by molar-refractivity contribution is 9.11. The molecule has 1 aliphatic rings. The molecular weight excluding hydrogens is 474 g/mol. The van der Waals surface area contributed by atoms with E-state index < -0.39 is 24.3 Å². The fourth-order valence-corrected chi connectivity index (χ4v) is 4.94. The zero-order chi connectivity index (χ0) is 21.3. The molecule has 2 aromatic heterocycles. The molecule has 1 aliphatic heterocycles. The molecule has 1 aromatic carbocycles. The monoisotopic (exact) mass is 493 g/mol. The van der Waals surface area contributed by atoms with Crippen molar-refractivity contribution < 1.29 is 24.5 Å². The molecule has 30 heavy (non-hydrogen) atoms. The summed E-state index contributed by atoms with van der Waals surface area (Å²) in [7, 11) is 0. The molecule has 4 N–H and O–H groups in total. The summed E-state index contributed by atoms with van der Waals surface area (Å²) in [5, 5.41) is 22.2. The van der Waals surface area contributed by atoms with Crippen LogP contribution in [0.15, 0.2) is 46.3 Å². The minimum absolute atomic E-state index is 0.0177. The Kier molecular flexibility index (Phi) is 6.09. The molecule has 0 bridgehead atoms. The number of nitrogens with one attached hydrogen (secondary N) is 2. The summed E-state index contributed by atoms with van der Waals surface area (Å²) in [6, 6.07) is 12.0. The number of likely N-dealkylation sites (tertiary alicyclic amines) is 1. The van der Waals surface area contributed by atoms with E-state index in [0.29, 0.717) is 0 Å². The van der Waals surface area contributed by atoms with Crippen LogP contribution >= 0.6 is 27.3 Å². The second-order valence-electron chi connectivity index (χ2n) is 7.12. The fourth-order valence-electron chi connectivity index (χ4n) is 3.41. The highest BCUT2D eigenvalue weighted by Crippen LogP contribution is 2.32. The van der Waals surface area contributed by atoms with Crippen LogP contribution in [0.25, 0.3) is 10.2 Å². The molecule has 1 fully saturated rings. The molecule has 2 amide bonds. The molecule has 0 spiro atoms. The van der Waals surface area contributed by atoms with Crippen molar-refractivity contribution in [1.82, 2.24) is 15.2 Å². The molecule has 1 saturated heterocycles. The van der Waals surface area contributed by atoms with E-state index in [1.165, 1.54) is 16.2 Å². The Labute approximate surface area is 184 Å². The van der Waals surface area contributed by atoms with Crippen LogP contribution in [-0.4, -0.2) is 63.4 Å². The van der Waals surface area contributed by atoms with Gasteiger partial charge in [0.1, 0.15) is 6.04 Å². The van der Waals surface area contributed by atoms with E-state index in [1.807, 2.05) is 36.4 Å². The molecule has 3 aromatic rings. The number of aliphatic hydroxyl groups excluding tert-OH is 2. The molecular formula is C20H20BrN3O5S. The summed E-state index contributed by atoms with van der Waals surface area (Å²) in [6.45, 7) is 0.0353. The van der Waals surface area contributed by atoms with E-state index in [2.05, 4.69) is 26.2 Å². The summed E-state index contributed by atoms with van der Waals surface area (Å²) in [5.41, 5.74) is 1.70. The van der Waals surface area contributed by atoms with Gasteiger partial charge in [0.15, 0.2) is 0 Å². The molecule has 3 atom stereocenters. The highest BCUT2D eigenvalue weighted by Gasteiger charge is 2.36. The normalized spacial score (nSPS) is 19.8. The average molecular weight is 494 g/mol. The van der Waals surface area contributed by atoms with E-state index in [1.54, 1.807) is 6.07 Å². The van der Waals surface area contributed by atoms with Crippen LogP contribution in [0, 0.1) is 0 Å². The molecule has 158 valence electrons. The van der Waals surface area contributed by atoms with Gasteiger partial charge in [0.2, 0.25) is 11.8 Å². The lowest BCUT2D eigenvalue weighted by atomic mass is 10.1. The van der Waals surface area contributed by atoms with Gasteiger partial charge in [-0.3, -0.25) is 4.79 Å². The first-order valence-electron chi connectivity index (χ1n) is 9.34. The fraction of sp³-hybridized carbons (Fsp3) is 0.300. The molecule has 0 saturated carbocycles. The largest absolute Gasteiger partial charge is 0.414 e. The number of H-pyrrole nitrogens is 1. The number of benzene rings is 1. The second kappa shape index (κ2) is 8.76. The summed E-state index contributed by atoms with van der Waals surface area (Å²) in [6.07, 6.45) is -2.50. The first-order chi connectivity index (χ1) is 14.4. The van der Waals surface area contributed by atoms with Crippen LogP contribution in [0.4, 0.5) is 4.79 Å². The third kappa shape index (κ3) is 4.67.